The predicted molar refractivity (Wildman–Crippen MR) is 101 cm³/mol. The zero-order chi connectivity index (χ0) is 17.9. The minimum absolute atomic E-state index is 0.0596. The molecule has 0 fully saturated rings. The molecule has 0 atom stereocenters. The van der Waals surface area contributed by atoms with Crippen molar-refractivity contribution in [3.63, 3.8) is 0 Å². The number of nitrogens with zero attached hydrogens (tertiary/aromatic N) is 2. The van der Waals surface area contributed by atoms with Gasteiger partial charge in [-0.05, 0) is 42.0 Å². The Bertz CT molecular complexity index is 1180. The molecule has 0 amide bonds. The number of hydrogen-bond donors (Lipinski definition) is 0. The quantitative estimate of drug-likeness (QED) is 0.519. The average molecular weight is 340 g/mol. The van der Waals surface area contributed by atoms with Gasteiger partial charge >= 0.3 is 0 Å². The maximum absolute atomic E-state index is 13.4. The molecule has 2 aromatic heterocycles. The van der Waals surface area contributed by atoms with Crippen LogP contribution >= 0.6 is 0 Å². The highest BCUT2D eigenvalue weighted by Gasteiger charge is 2.12. The summed E-state index contributed by atoms with van der Waals surface area (Å²) in [5.74, 6) is 6.01. The lowest BCUT2D eigenvalue weighted by Gasteiger charge is -2.14. The van der Waals surface area contributed by atoms with E-state index in [0.717, 1.165) is 23.2 Å². The number of pyridine rings is 1. The van der Waals surface area contributed by atoms with E-state index in [-0.39, 0.29) is 5.56 Å². The summed E-state index contributed by atoms with van der Waals surface area (Å²) in [6, 6.07) is 17.5. The fourth-order valence-electron chi connectivity index (χ4n) is 3.05. The van der Waals surface area contributed by atoms with E-state index in [1.807, 2.05) is 55.5 Å². The number of oxazole rings is 1. The Labute approximate surface area is 150 Å². The summed E-state index contributed by atoms with van der Waals surface area (Å²) in [4.78, 5) is 17.4. The van der Waals surface area contributed by atoms with Crippen LogP contribution in [-0.2, 0) is 6.42 Å². The lowest BCUT2D eigenvalue weighted by Crippen LogP contribution is -2.22. The third-order valence-corrected chi connectivity index (χ3v) is 4.26. The third kappa shape index (κ3) is 2.80. The van der Waals surface area contributed by atoms with E-state index >= 15 is 0 Å². The molecule has 26 heavy (non-hydrogen) atoms. The molecule has 4 heteroatoms. The highest BCUT2D eigenvalue weighted by Crippen LogP contribution is 2.19. The van der Waals surface area contributed by atoms with Crippen molar-refractivity contribution in [3.8, 4) is 17.5 Å². The first-order valence-corrected chi connectivity index (χ1v) is 8.41. The molecular weight excluding hydrogens is 324 g/mol. The van der Waals surface area contributed by atoms with Crippen LogP contribution in [0.4, 0.5) is 0 Å². The average Bonchev–Trinajstić information content (AvgIpc) is 3.20. The Hall–Kier alpha value is -3.58. The van der Waals surface area contributed by atoms with Crippen molar-refractivity contribution in [2.45, 2.75) is 13.3 Å². The van der Waals surface area contributed by atoms with Gasteiger partial charge in [-0.3, -0.25) is 9.36 Å². The van der Waals surface area contributed by atoms with Crippen molar-refractivity contribution in [3.05, 3.63) is 94.6 Å². The smallest absolute Gasteiger partial charge is 0.264 e. The fourth-order valence-corrected chi connectivity index (χ4v) is 3.05. The number of aryl methyl sites for hydroxylation is 1. The van der Waals surface area contributed by atoms with E-state index in [1.165, 1.54) is 12.7 Å². The Morgan fingerprint density at radius 2 is 1.92 bits per heavy atom. The predicted octanol–water partition coefficient (Wildman–Crippen LogP) is 3.94. The van der Waals surface area contributed by atoms with Crippen molar-refractivity contribution in [2.75, 3.05) is 0 Å². The van der Waals surface area contributed by atoms with Crippen LogP contribution in [0.1, 0.15) is 23.9 Å². The van der Waals surface area contributed by atoms with Crippen molar-refractivity contribution < 1.29 is 4.42 Å². The van der Waals surface area contributed by atoms with Crippen LogP contribution in [-0.4, -0.2) is 9.55 Å². The van der Waals surface area contributed by atoms with Gasteiger partial charge in [0, 0.05) is 16.9 Å². The molecule has 0 aliphatic heterocycles. The van der Waals surface area contributed by atoms with Crippen LogP contribution in [0.2, 0.25) is 0 Å². The molecule has 4 aromatic rings. The summed E-state index contributed by atoms with van der Waals surface area (Å²) < 4.78 is 6.71. The molecule has 0 spiro atoms. The zero-order valence-corrected chi connectivity index (χ0v) is 14.3. The SMILES string of the molecule is CCc1cc2cccc(C#Cc3cocn3)c2c(=O)n1-c1ccccc1. The highest BCUT2D eigenvalue weighted by molar-refractivity contribution is 5.88. The monoisotopic (exact) mass is 340 g/mol. The van der Waals surface area contributed by atoms with Gasteiger partial charge in [0.1, 0.15) is 6.26 Å². The van der Waals surface area contributed by atoms with E-state index in [4.69, 9.17) is 4.42 Å². The van der Waals surface area contributed by atoms with Gasteiger partial charge in [0.15, 0.2) is 12.1 Å². The molecule has 4 nitrogen and oxygen atoms in total. The summed E-state index contributed by atoms with van der Waals surface area (Å²) in [7, 11) is 0. The number of fused-ring (bicyclic) bond motifs is 1. The summed E-state index contributed by atoms with van der Waals surface area (Å²) >= 11 is 0. The largest absolute Gasteiger partial charge is 0.450 e. The first kappa shape index (κ1) is 15.9. The van der Waals surface area contributed by atoms with Gasteiger partial charge < -0.3 is 4.42 Å². The second kappa shape index (κ2) is 6.73. The van der Waals surface area contributed by atoms with Gasteiger partial charge in [-0.25, -0.2) is 4.98 Å². The summed E-state index contributed by atoms with van der Waals surface area (Å²) in [6.07, 6.45) is 3.58. The second-order valence-electron chi connectivity index (χ2n) is 5.86. The van der Waals surface area contributed by atoms with Crippen molar-refractivity contribution in [2.24, 2.45) is 0 Å². The lowest BCUT2D eigenvalue weighted by molar-refractivity contribution is 0.557. The van der Waals surface area contributed by atoms with Crippen LogP contribution in [0.15, 0.2) is 76.5 Å². The summed E-state index contributed by atoms with van der Waals surface area (Å²) in [5, 5.41) is 1.51. The Kier molecular flexibility index (Phi) is 4.12. The van der Waals surface area contributed by atoms with E-state index in [9.17, 15) is 4.79 Å². The molecule has 0 unspecified atom stereocenters. The molecule has 2 aromatic carbocycles. The minimum Gasteiger partial charge on any atom is -0.450 e. The third-order valence-electron chi connectivity index (χ3n) is 4.26. The molecule has 0 aliphatic carbocycles. The van der Waals surface area contributed by atoms with Crippen LogP contribution in [0.25, 0.3) is 16.5 Å². The molecule has 0 aliphatic rings. The van der Waals surface area contributed by atoms with Crippen LogP contribution < -0.4 is 5.56 Å². The standard InChI is InChI=1S/C22H16N2O2/c1-2-19-13-17-8-6-7-16(11-12-18-14-26-15-23-18)21(17)22(25)24(19)20-9-4-3-5-10-20/h3-10,13-15H,2H2,1H3. The summed E-state index contributed by atoms with van der Waals surface area (Å²) in [5.41, 5.74) is 2.99. The Morgan fingerprint density at radius 3 is 2.65 bits per heavy atom. The zero-order valence-electron chi connectivity index (χ0n) is 14.3. The molecule has 126 valence electrons. The number of para-hydroxylation sites is 1. The minimum atomic E-state index is -0.0596. The number of benzene rings is 2. The first-order valence-electron chi connectivity index (χ1n) is 8.41. The van der Waals surface area contributed by atoms with Gasteiger partial charge in [-0.2, -0.15) is 0 Å². The molecular formula is C22H16N2O2. The molecule has 2 heterocycles. The molecule has 0 radical (unpaired) electrons. The topological polar surface area (TPSA) is 48.0 Å². The van der Waals surface area contributed by atoms with Gasteiger partial charge in [-0.1, -0.05) is 43.2 Å². The Morgan fingerprint density at radius 1 is 1.08 bits per heavy atom. The van der Waals surface area contributed by atoms with E-state index in [2.05, 4.69) is 22.9 Å². The van der Waals surface area contributed by atoms with Crippen molar-refractivity contribution in [1.29, 1.82) is 0 Å². The van der Waals surface area contributed by atoms with E-state index in [1.54, 1.807) is 4.57 Å². The van der Waals surface area contributed by atoms with Crippen molar-refractivity contribution in [1.82, 2.24) is 9.55 Å². The number of hydrogen-bond acceptors (Lipinski definition) is 3. The molecule has 0 saturated heterocycles. The Balaban J connectivity index is 2.00. The number of aromatic nitrogens is 2. The van der Waals surface area contributed by atoms with E-state index < -0.39 is 0 Å². The van der Waals surface area contributed by atoms with Crippen molar-refractivity contribution >= 4 is 10.8 Å². The van der Waals surface area contributed by atoms with Gasteiger partial charge in [0.2, 0.25) is 0 Å². The van der Waals surface area contributed by atoms with Crippen LogP contribution in [0.3, 0.4) is 0 Å². The van der Waals surface area contributed by atoms with Gasteiger partial charge in [0.05, 0.1) is 5.39 Å². The maximum Gasteiger partial charge on any atom is 0.264 e. The second-order valence-corrected chi connectivity index (χ2v) is 5.86. The first-order chi connectivity index (χ1) is 12.8. The van der Waals surface area contributed by atoms with Gasteiger partial charge in [-0.15, -0.1) is 0 Å². The molecule has 0 bridgehead atoms. The summed E-state index contributed by atoms with van der Waals surface area (Å²) in [6.45, 7) is 2.05. The van der Waals surface area contributed by atoms with E-state index in [0.29, 0.717) is 16.6 Å². The lowest BCUT2D eigenvalue weighted by atomic mass is 10.0. The highest BCUT2D eigenvalue weighted by atomic mass is 16.3. The fraction of sp³-hybridized carbons (Fsp3) is 0.0909. The molecule has 0 saturated carbocycles. The normalized spacial score (nSPS) is 10.5. The number of rotatable bonds is 2. The maximum atomic E-state index is 13.4. The van der Waals surface area contributed by atoms with Crippen LogP contribution in [0, 0.1) is 11.8 Å². The molecule has 4 rings (SSSR count). The van der Waals surface area contributed by atoms with Gasteiger partial charge in [0.25, 0.3) is 5.56 Å². The molecule has 0 N–H and O–H groups in total. The van der Waals surface area contributed by atoms with Crippen LogP contribution in [0.5, 0.6) is 0 Å².